The Hall–Kier alpha value is -3.92. The number of benzene rings is 2. The third-order valence-electron chi connectivity index (χ3n) is 9.59. The Kier molecular flexibility index (Phi) is 12.3. The molecule has 5 aromatic rings. The van der Waals surface area contributed by atoms with Crippen LogP contribution in [0.2, 0.25) is 0 Å². The molecule has 0 aliphatic carbocycles. The van der Waals surface area contributed by atoms with Crippen LogP contribution in [-0.4, -0.2) is 37.4 Å². The zero-order valence-corrected chi connectivity index (χ0v) is 36.6. The number of hydrogen-bond acceptors (Lipinski definition) is 9. The van der Waals surface area contributed by atoms with Crippen LogP contribution in [0.4, 0.5) is 0 Å². The molecule has 0 saturated heterocycles. The summed E-state index contributed by atoms with van der Waals surface area (Å²) in [5.41, 5.74) is 8.15. The van der Waals surface area contributed by atoms with Crippen molar-refractivity contribution in [2.45, 2.75) is 119 Å². The molecule has 4 heterocycles. The van der Waals surface area contributed by atoms with E-state index in [0.717, 1.165) is 63.0 Å². The van der Waals surface area contributed by atoms with Crippen molar-refractivity contribution in [3.05, 3.63) is 81.9 Å². The van der Waals surface area contributed by atoms with Gasteiger partial charge in [-0.25, -0.2) is 9.59 Å². The van der Waals surface area contributed by atoms with Gasteiger partial charge in [0.25, 0.3) is 0 Å². The molecule has 1 aliphatic rings. The molecule has 55 heavy (non-hydrogen) atoms. The van der Waals surface area contributed by atoms with E-state index in [4.69, 9.17) is 18.9 Å². The highest BCUT2D eigenvalue weighted by atomic mass is 32.1. The van der Waals surface area contributed by atoms with E-state index in [9.17, 15) is 9.59 Å². The van der Waals surface area contributed by atoms with Gasteiger partial charge < -0.3 is 18.9 Å². The summed E-state index contributed by atoms with van der Waals surface area (Å²) >= 11 is 5.22. The van der Waals surface area contributed by atoms with Crippen LogP contribution < -0.4 is 9.47 Å². The fraction of sp³-hybridized carbons (Fsp3) is 0.435. The van der Waals surface area contributed by atoms with Gasteiger partial charge >= 0.3 is 11.9 Å². The predicted molar refractivity (Wildman–Crippen MR) is 230 cm³/mol. The Morgan fingerprint density at radius 3 is 1.09 bits per heavy atom. The highest BCUT2D eigenvalue weighted by molar-refractivity contribution is 7.28. The molecule has 0 N–H and O–H groups in total. The summed E-state index contributed by atoms with van der Waals surface area (Å²) in [5, 5.41) is 0. The lowest BCUT2D eigenvalue weighted by molar-refractivity contribution is 0.0367. The number of fused-ring (bicyclic) bond motifs is 1. The van der Waals surface area contributed by atoms with E-state index in [1.54, 1.807) is 34.0 Å². The van der Waals surface area contributed by atoms with Gasteiger partial charge in [-0.3, -0.25) is 0 Å². The normalized spacial score (nSPS) is 12.9. The average Bonchev–Trinajstić information content (AvgIpc) is 3.89. The van der Waals surface area contributed by atoms with E-state index < -0.39 is 0 Å². The first-order chi connectivity index (χ1) is 26.0. The first kappa shape index (κ1) is 40.7. The fourth-order valence-electron chi connectivity index (χ4n) is 7.03. The molecule has 0 spiro atoms. The molecule has 6 nitrogen and oxygen atoms in total. The molecule has 2 aromatic carbocycles. The highest BCUT2D eigenvalue weighted by Crippen LogP contribution is 2.57. The van der Waals surface area contributed by atoms with Crippen LogP contribution in [0.5, 0.6) is 11.5 Å². The molecule has 0 radical (unpaired) electrons. The summed E-state index contributed by atoms with van der Waals surface area (Å²) in [6.45, 7) is 26.0. The second kappa shape index (κ2) is 16.7. The molecule has 0 atom stereocenters. The van der Waals surface area contributed by atoms with Gasteiger partial charge in [-0.1, -0.05) is 55.4 Å². The van der Waals surface area contributed by atoms with Crippen LogP contribution in [0.25, 0.3) is 40.4 Å². The Bertz CT molecular complexity index is 1980. The van der Waals surface area contributed by atoms with Gasteiger partial charge in [-0.2, -0.15) is 0 Å². The Morgan fingerprint density at radius 2 is 0.800 bits per heavy atom. The van der Waals surface area contributed by atoms with Gasteiger partial charge in [0.05, 0.1) is 33.1 Å². The first-order valence-electron chi connectivity index (χ1n) is 19.5. The molecule has 0 fully saturated rings. The first-order valence-corrected chi connectivity index (χ1v) is 21.9. The minimum atomic E-state index is -0.284. The van der Waals surface area contributed by atoms with Gasteiger partial charge in [0, 0.05) is 19.5 Å². The van der Waals surface area contributed by atoms with Crippen LogP contribution in [0.1, 0.15) is 150 Å². The lowest BCUT2D eigenvalue weighted by Crippen LogP contribution is -2.14. The van der Waals surface area contributed by atoms with Crippen molar-refractivity contribution < 1.29 is 28.5 Å². The zero-order chi connectivity index (χ0) is 39.9. The summed E-state index contributed by atoms with van der Waals surface area (Å²) in [6, 6.07) is 16.9. The number of hydrogen-bond donors (Lipinski definition) is 0. The lowest BCUT2D eigenvalue weighted by atomic mass is 9.86. The molecule has 3 aromatic heterocycles. The lowest BCUT2D eigenvalue weighted by Gasteiger charge is -2.21. The van der Waals surface area contributed by atoms with Crippen molar-refractivity contribution in [1.82, 2.24) is 0 Å². The van der Waals surface area contributed by atoms with Gasteiger partial charge in [0.1, 0.15) is 13.2 Å². The van der Waals surface area contributed by atoms with Crippen molar-refractivity contribution in [2.24, 2.45) is 0 Å². The van der Waals surface area contributed by atoms with Gasteiger partial charge in [-0.15, -0.1) is 34.0 Å². The van der Waals surface area contributed by atoms with Gasteiger partial charge in [0.2, 0.25) is 0 Å². The maximum atomic E-state index is 13.1. The average molecular weight is 799 g/mol. The highest BCUT2D eigenvalue weighted by Gasteiger charge is 2.30. The van der Waals surface area contributed by atoms with Crippen LogP contribution in [-0.2, 0) is 9.47 Å². The largest absolute Gasteiger partial charge is 0.485 e. The predicted octanol–water partition coefficient (Wildman–Crippen LogP) is 13.9. The number of thiophene rings is 3. The molecule has 0 unspecified atom stereocenters. The molecule has 292 valence electrons. The molecular weight excluding hydrogens is 745 g/mol. The van der Waals surface area contributed by atoms with Crippen molar-refractivity contribution in [2.75, 3.05) is 13.2 Å². The smallest absolute Gasteiger partial charge is 0.338 e. The summed E-state index contributed by atoms with van der Waals surface area (Å²) in [4.78, 5) is 32.8. The molecule has 0 bridgehead atoms. The SMILES string of the molecule is CC(C)OC(=O)c1cc(C(C)C)c(-c2ccc(-c3sc(-c4ccc(-c5c(C(C)C)cc(C(=O)OC(C)C)cc5C(C)C)s4)c4c3OCCO4)s2)c(C(C)C)c1. The third-order valence-corrected chi connectivity index (χ3v) is 13.3. The van der Waals surface area contributed by atoms with Crippen LogP contribution >= 0.6 is 34.0 Å². The summed E-state index contributed by atoms with van der Waals surface area (Å²) in [5.74, 6) is 1.84. The minimum Gasteiger partial charge on any atom is -0.485 e. The second-order valence-electron chi connectivity index (χ2n) is 16.0. The Labute approximate surface area is 338 Å². The summed E-state index contributed by atoms with van der Waals surface area (Å²) in [6.07, 6.45) is -0.372. The van der Waals surface area contributed by atoms with E-state index in [0.29, 0.717) is 24.3 Å². The monoisotopic (exact) mass is 798 g/mol. The third kappa shape index (κ3) is 8.45. The molecule has 0 amide bonds. The summed E-state index contributed by atoms with van der Waals surface area (Å²) < 4.78 is 24.0. The van der Waals surface area contributed by atoms with Crippen LogP contribution in [0.15, 0.2) is 48.5 Å². The Morgan fingerprint density at radius 1 is 0.491 bits per heavy atom. The molecule has 1 aliphatic heterocycles. The molecule has 0 saturated carbocycles. The fourth-order valence-corrected chi connectivity index (χ4v) is 10.6. The zero-order valence-electron chi connectivity index (χ0n) is 34.2. The number of carbonyl (C=O) groups excluding carboxylic acids is 2. The molecule has 6 rings (SSSR count). The van der Waals surface area contributed by atoms with E-state index in [2.05, 4.69) is 79.7 Å². The van der Waals surface area contributed by atoms with Crippen LogP contribution in [0.3, 0.4) is 0 Å². The number of rotatable bonds is 12. The topological polar surface area (TPSA) is 71.1 Å². The van der Waals surface area contributed by atoms with E-state index in [1.165, 1.54) is 11.1 Å². The molecular formula is C46H54O6S3. The maximum Gasteiger partial charge on any atom is 0.338 e. The van der Waals surface area contributed by atoms with Crippen molar-refractivity contribution in [3.63, 3.8) is 0 Å². The van der Waals surface area contributed by atoms with Crippen molar-refractivity contribution in [3.8, 4) is 51.9 Å². The van der Waals surface area contributed by atoms with Crippen LogP contribution in [0, 0.1) is 0 Å². The van der Waals surface area contributed by atoms with Crippen molar-refractivity contribution >= 4 is 45.9 Å². The number of esters is 2. The second-order valence-corrected chi connectivity index (χ2v) is 19.2. The maximum absolute atomic E-state index is 13.1. The number of carbonyl (C=O) groups is 2. The van der Waals surface area contributed by atoms with E-state index in [1.807, 2.05) is 52.0 Å². The Balaban J connectivity index is 1.43. The van der Waals surface area contributed by atoms with E-state index >= 15 is 0 Å². The van der Waals surface area contributed by atoms with Crippen molar-refractivity contribution in [1.29, 1.82) is 0 Å². The minimum absolute atomic E-state index is 0.186. The molecule has 9 heteroatoms. The summed E-state index contributed by atoms with van der Waals surface area (Å²) in [7, 11) is 0. The van der Waals surface area contributed by atoms with E-state index in [-0.39, 0.29) is 47.8 Å². The quantitative estimate of drug-likeness (QED) is 0.117. The number of ether oxygens (including phenoxy) is 4. The standard InChI is InChI=1S/C46H54O6S3/c1-23(2)31-19-29(45(47)51-27(9)10)20-32(24(3)4)39(31)35-13-15-37(53-35)43-41-42(50-18-17-49-41)44(55-43)38-16-14-36(54-38)40-33(25(5)6)21-30(22-34(40)26(7)8)46(48)52-28(11)12/h13-16,19-28H,17-18H2,1-12H3. The van der Waals surface area contributed by atoms with Gasteiger partial charge in [-0.05, 0) is 133 Å². The van der Waals surface area contributed by atoms with Gasteiger partial charge in [0.15, 0.2) is 11.5 Å².